The quantitative estimate of drug-likeness (QED) is 0.0410. The summed E-state index contributed by atoms with van der Waals surface area (Å²) < 4.78 is 16.5. The van der Waals surface area contributed by atoms with Gasteiger partial charge in [0.05, 0.1) is 0 Å². The van der Waals surface area contributed by atoms with Crippen LogP contribution in [0.15, 0.2) is 0 Å². The van der Waals surface area contributed by atoms with Crippen molar-refractivity contribution in [2.24, 2.45) is 5.92 Å². The minimum absolute atomic E-state index is 0.0670. The van der Waals surface area contributed by atoms with E-state index in [4.69, 9.17) is 14.2 Å². The Balaban J connectivity index is 4.25. The monoisotopic (exact) mass is 625 g/mol. The van der Waals surface area contributed by atoms with Gasteiger partial charge in [-0.15, -0.1) is 0 Å². The molecule has 0 aromatic rings. The largest absolute Gasteiger partial charge is 0.462 e. The molecule has 0 heterocycles. The van der Waals surface area contributed by atoms with E-state index in [9.17, 15) is 14.4 Å². The molecule has 2 atom stereocenters. The molecule has 260 valence electrons. The Morgan fingerprint density at radius 2 is 0.795 bits per heavy atom. The van der Waals surface area contributed by atoms with Crippen molar-refractivity contribution in [3.63, 3.8) is 0 Å². The Morgan fingerprint density at radius 3 is 1.18 bits per heavy atom. The lowest BCUT2D eigenvalue weighted by Crippen LogP contribution is -2.30. The molecule has 1 unspecified atom stereocenters. The first-order chi connectivity index (χ1) is 21.4. The van der Waals surface area contributed by atoms with E-state index in [2.05, 4.69) is 27.7 Å². The van der Waals surface area contributed by atoms with Crippen LogP contribution in [0.1, 0.15) is 201 Å². The van der Waals surface area contributed by atoms with Crippen LogP contribution in [0, 0.1) is 5.92 Å². The van der Waals surface area contributed by atoms with Crippen LogP contribution in [-0.4, -0.2) is 37.2 Å². The molecule has 0 fully saturated rings. The average Bonchev–Trinajstić information content (AvgIpc) is 3.02. The number of esters is 3. The summed E-state index contributed by atoms with van der Waals surface area (Å²) in [5, 5.41) is 0. The highest BCUT2D eigenvalue weighted by atomic mass is 16.6. The second kappa shape index (κ2) is 32.8. The van der Waals surface area contributed by atoms with Gasteiger partial charge in [-0.1, -0.05) is 163 Å². The third-order valence-electron chi connectivity index (χ3n) is 8.65. The van der Waals surface area contributed by atoms with Crippen LogP contribution < -0.4 is 0 Å². The van der Waals surface area contributed by atoms with Crippen LogP contribution in [0.25, 0.3) is 0 Å². The van der Waals surface area contributed by atoms with Gasteiger partial charge in [0.15, 0.2) is 6.10 Å². The fourth-order valence-electron chi connectivity index (χ4n) is 5.36. The molecule has 0 aliphatic carbocycles. The fraction of sp³-hybridized carbons (Fsp3) is 0.921. The topological polar surface area (TPSA) is 78.9 Å². The zero-order valence-corrected chi connectivity index (χ0v) is 29.6. The van der Waals surface area contributed by atoms with Crippen molar-refractivity contribution in [2.45, 2.75) is 207 Å². The molecule has 0 aromatic carbocycles. The smallest absolute Gasteiger partial charge is 0.306 e. The Bertz CT molecular complexity index is 664. The third kappa shape index (κ3) is 30.4. The highest BCUT2D eigenvalue weighted by Crippen LogP contribution is 2.16. The summed E-state index contributed by atoms with van der Waals surface area (Å²) in [5.41, 5.74) is 0. The first-order valence-electron chi connectivity index (χ1n) is 18.9. The molecule has 0 radical (unpaired) electrons. The lowest BCUT2D eigenvalue weighted by atomic mass is 9.99. The predicted molar refractivity (Wildman–Crippen MR) is 183 cm³/mol. The highest BCUT2D eigenvalue weighted by molar-refractivity contribution is 5.71. The van der Waals surface area contributed by atoms with Crippen molar-refractivity contribution in [2.75, 3.05) is 13.2 Å². The van der Waals surface area contributed by atoms with E-state index in [0.717, 1.165) is 70.1 Å². The standard InChI is InChI=1S/C38H72O6/c1-5-8-10-12-13-14-18-22-25-29-36(39)42-32-35(44-38(41)31-27-20-11-9-6-2)33-43-37(40)30-26-23-19-16-15-17-21-24-28-34(4)7-3/h34-35H,5-33H2,1-4H3/t34?,35-/m1/s1. The second-order valence-electron chi connectivity index (χ2n) is 13.1. The highest BCUT2D eigenvalue weighted by Gasteiger charge is 2.19. The SMILES string of the molecule is CCCCCCCCCCCC(=O)OC[C@H](COC(=O)CCCCCCCCCCC(C)CC)OC(=O)CCCCCCC. The summed E-state index contributed by atoms with van der Waals surface area (Å²) in [6.07, 6.45) is 28.3. The van der Waals surface area contributed by atoms with Crippen molar-refractivity contribution in [1.29, 1.82) is 0 Å². The Kier molecular flexibility index (Phi) is 31.6. The summed E-state index contributed by atoms with van der Waals surface area (Å²) in [7, 11) is 0. The van der Waals surface area contributed by atoms with Gasteiger partial charge in [-0.25, -0.2) is 0 Å². The van der Waals surface area contributed by atoms with E-state index in [1.807, 2.05) is 0 Å². The summed E-state index contributed by atoms with van der Waals surface area (Å²) >= 11 is 0. The number of unbranched alkanes of at least 4 members (excludes halogenated alkanes) is 19. The molecule has 0 aliphatic heterocycles. The van der Waals surface area contributed by atoms with E-state index in [1.165, 1.54) is 89.9 Å². The summed E-state index contributed by atoms with van der Waals surface area (Å²) in [4.78, 5) is 37.1. The first-order valence-corrected chi connectivity index (χ1v) is 18.9. The maximum absolute atomic E-state index is 12.4. The number of hydrogen-bond acceptors (Lipinski definition) is 6. The molecule has 0 spiro atoms. The lowest BCUT2D eigenvalue weighted by molar-refractivity contribution is -0.167. The Labute approximate surface area is 272 Å². The van der Waals surface area contributed by atoms with Gasteiger partial charge in [0.2, 0.25) is 0 Å². The van der Waals surface area contributed by atoms with Crippen LogP contribution in [0.4, 0.5) is 0 Å². The molecule has 0 aliphatic rings. The van der Waals surface area contributed by atoms with Gasteiger partial charge in [0, 0.05) is 19.3 Å². The van der Waals surface area contributed by atoms with E-state index in [-0.39, 0.29) is 31.1 Å². The normalized spacial score (nSPS) is 12.5. The van der Waals surface area contributed by atoms with Crippen molar-refractivity contribution >= 4 is 17.9 Å². The van der Waals surface area contributed by atoms with Gasteiger partial charge in [-0.05, 0) is 25.2 Å². The molecule has 0 saturated carbocycles. The van der Waals surface area contributed by atoms with Crippen molar-refractivity contribution < 1.29 is 28.6 Å². The fourth-order valence-corrected chi connectivity index (χ4v) is 5.36. The van der Waals surface area contributed by atoms with Gasteiger partial charge in [-0.2, -0.15) is 0 Å². The van der Waals surface area contributed by atoms with E-state index >= 15 is 0 Å². The van der Waals surface area contributed by atoms with E-state index < -0.39 is 6.10 Å². The van der Waals surface area contributed by atoms with Crippen LogP contribution in [-0.2, 0) is 28.6 Å². The van der Waals surface area contributed by atoms with Crippen molar-refractivity contribution in [3.05, 3.63) is 0 Å². The van der Waals surface area contributed by atoms with Gasteiger partial charge in [-0.3, -0.25) is 14.4 Å². The summed E-state index contributed by atoms with van der Waals surface area (Å²) in [5.74, 6) is -0.0358. The Hall–Kier alpha value is -1.59. The lowest BCUT2D eigenvalue weighted by Gasteiger charge is -2.18. The molecule has 0 saturated heterocycles. The van der Waals surface area contributed by atoms with Gasteiger partial charge in [0.25, 0.3) is 0 Å². The maximum Gasteiger partial charge on any atom is 0.306 e. The van der Waals surface area contributed by atoms with Gasteiger partial charge < -0.3 is 14.2 Å². The summed E-state index contributed by atoms with van der Waals surface area (Å²) in [6, 6.07) is 0. The maximum atomic E-state index is 12.4. The summed E-state index contributed by atoms with van der Waals surface area (Å²) in [6.45, 7) is 8.86. The van der Waals surface area contributed by atoms with Crippen LogP contribution in [0.3, 0.4) is 0 Å². The second-order valence-corrected chi connectivity index (χ2v) is 13.1. The molecule has 6 heteroatoms. The predicted octanol–water partition coefficient (Wildman–Crippen LogP) is 11.2. The molecule has 6 nitrogen and oxygen atoms in total. The minimum atomic E-state index is -0.755. The molecule has 0 N–H and O–H groups in total. The molecular formula is C38H72O6. The van der Waals surface area contributed by atoms with E-state index in [0.29, 0.717) is 19.3 Å². The molecule has 0 rings (SSSR count). The van der Waals surface area contributed by atoms with Crippen LogP contribution >= 0.6 is 0 Å². The molecule has 44 heavy (non-hydrogen) atoms. The zero-order chi connectivity index (χ0) is 32.5. The molecule has 0 bridgehead atoms. The zero-order valence-electron chi connectivity index (χ0n) is 29.6. The Morgan fingerprint density at radius 1 is 0.455 bits per heavy atom. The number of carbonyl (C=O) groups excluding carboxylic acids is 3. The van der Waals surface area contributed by atoms with Crippen LogP contribution in [0.2, 0.25) is 0 Å². The third-order valence-corrected chi connectivity index (χ3v) is 8.65. The molecule has 0 aromatic heterocycles. The number of rotatable bonds is 33. The van der Waals surface area contributed by atoms with Crippen molar-refractivity contribution in [1.82, 2.24) is 0 Å². The minimum Gasteiger partial charge on any atom is -0.462 e. The molecule has 0 amide bonds. The average molecular weight is 625 g/mol. The first kappa shape index (κ1) is 42.4. The number of ether oxygens (including phenoxy) is 3. The van der Waals surface area contributed by atoms with E-state index in [1.54, 1.807) is 0 Å². The molecular weight excluding hydrogens is 552 g/mol. The van der Waals surface area contributed by atoms with Crippen molar-refractivity contribution in [3.8, 4) is 0 Å². The van der Waals surface area contributed by atoms with Gasteiger partial charge in [0.1, 0.15) is 13.2 Å². The van der Waals surface area contributed by atoms with Gasteiger partial charge >= 0.3 is 17.9 Å². The number of carbonyl (C=O) groups is 3. The van der Waals surface area contributed by atoms with Crippen LogP contribution in [0.5, 0.6) is 0 Å². The number of hydrogen-bond donors (Lipinski definition) is 0.